The number of carbonyl (C=O) groups excluding carboxylic acids is 1. The Labute approximate surface area is 183 Å². The van der Waals surface area contributed by atoms with Crippen LogP contribution in [-0.4, -0.2) is 65.3 Å². The number of hydrogen-bond donors (Lipinski definition) is 2. The minimum Gasteiger partial charge on any atom is -0.356 e. The first kappa shape index (κ1) is 20.0. The van der Waals surface area contributed by atoms with Crippen LogP contribution in [0.25, 0.3) is 11.3 Å². The van der Waals surface area contributed by atoms with Gasteiger partial charge in [-0.25, -0.2) is 0 Å². The number of aromatic amines is 1. The van der Waals surface area contributed by atoms with Gasteiger partial charge in [0.2, 0.25) is 0 Å². The van der Waals surface area contributed by atoms with E-state index in [2.05, 4.69) is 32.1 Å². The van der Waals surface area contributed by atoms with Gasteiger partial charge in [-0.3, -0.25) is 9.78 Å². The zero-order chi connectivity index (χ0) is 21.2. The van der Waals surface area contributed by atoms with Crippen LogP contribution < -0.4 is 5.32 Å². The highest BCUT2D eigenvalue weighted by molar-refractivity contribution is 6.07. The third-order valence-corrected chi connectivity index (χ3v) is 6.45. The number of piperazine rings is 1. The summed E-state index contributed by atoms with van der Waals surface area (Å²) in [6, 6.07) is 14.0. The van der Waals surface area contributed by atoms with Crippen LogP contribution >= 0.6 is 0 Å². The Morgan fingerprint density at radius 3 is 2.52 bits per heavy atom. The van der Waals surface area contributed by atoms with Gasteiger partial charge in [0.1, 0.15) is 0 Å². The molecule has 31 heavy (non-hydrogen) atoms. The molecule has 1 fully saturated rings. The van der Waals surface area contributed by atoms with Gasteiger partial charge < -0.3 is 20.1 Å². The second-order valence-corrected chi connectivity index (χ2v) is 8.76. The molecule has 0 saturated carbocycles. The number of benzene rings is 1. The Morgan fingerprint density at radius 2 is 1.77 bits per heavy atom. The standard InChI is InChI=1S/C25H29N5O/c1-29-11-13-30(14-12-29)17-18-15-21-23(22(31)16-18)25(27-20-5-3-2-4-6-20)24(28-21)19-7-9-26-10-8-19/h2-10,18,27-28H,11-17H2,1H3. The Hall–Kier alpha value is -2.96. The minimum absolute atomic E-state index is 0.232. The fourth-order valence-corrected chi connectivity index (χ4v) is 4.79. The molecule has 0 amide bonds. The van der Waals surface area contributed by atoms with Gasteiger partial charge >= 0.3 is 0 Å². The number of anilines is 2. The van der Waals surface area contributed by atoms with Crippen molar-refractivity contribution in [3.63, 3.8) is 0 Å². The van der Waals surface area contributed by atoms with E-state index in [-0.39, 0.29) is 5.78 Å². The van der Waals surface area contributed by atoms with Gasteiger partial charge in [-0.15, -0.1) is 0 Å². The molecule has 3 heterocycles. The lowest BCUT2D eigenvalue weighted by Gasteiger charge is -2.35. The van der Waals surface area contributed by atoms with E-state index >= 15 is 0 Å². The smallest absolute Gasteiger partial charge is 0.167 e. The summed E-state index contributed by atoms with van der Waals surface area (Å²) in [5.74, 6) is 0.590. The molecule has 3 aromatic rings. The van der Waals surface area contributed by atoms with Crippen molar-refractivity contribution in [1.29, 1.82) is 0 Å². The molecule has 1 aromatic carbocycles. The van der Waals surface area contributed by atoms with Crippen LogP contribution in [0, 0.1) is 5.92 Å². The summed E-state index contributed by atoms with van der Waals surface area (Å²) in [4.78, 5) is 26.0. The number of nitrogens with one attached hydrogen (secondary N) is 2. The van der Waals surface area contributed by atoms with Gasteiger partial charge in [-0.05, 0) is 43.7 Å². The number of likely N-dealkylation sites (N-methyl/N-ethyl adjacent to an activating group) is 1. The van der Waals surface area contributed by atoms with Gasteiger partial charge in [0.05, 0.1) is 16.9 Å². The fourth-order valence-electron chi connectivity index (χ4n) is 4.79. The molecule has 0 radical (unpaired) electrons. The summed E-state index contributed by atoms with van der Waals surface area (Å²) in [6.07, 6.45) is 5.09. The molecule has 1 unspecified atom stereocenters. The second kappa shape index (κ2) is 8.65. The highest BCUT2D eigenvalue weighted by atomic mass is 16.1. The molecular weight excluding hydrogens is 386 g/mol. The number of aromatic nitrogens is 2. The van der Waals surface area contributed by atoms with Crippen LogP contribution in [0.15, 0.2) is 54.9 Å². The van der Waals surface area contributed by atoms with E-state index in [4.69, 9.17) is 0 Å². The zero-order valence-corrected chi connectivity index (χ0v) is 18.0. The molecule has 2 N–H and O–H groups in total. The number of hydrogen-bond acceptors (Lipinski definition) is 5. The van der Waals surface area contributed by atoms with E-state index in [0.717, 1.165) is 73.0 Å². The number of rotatable bonds is 5. The van der Waals surface area contributed by atoms with Gasteiger partial charge in [-0.1, -0.05) is 18.2 Å². The summed E-state index contributed by atoms with van der Waals surface area (Å²) >= 11 is 0. The molecule has 1 aliphatic heterocycles. The van der Waals surface area contributed by atoms with Crippen LogP contribution in [-0.2, 0) is 6.42 Å². The van der Waals surface area contributed by atoms with Crippen molar-refractivity contribution in [1.82, 2.24) is 19.8 Å². The van der Waals surface area contributed by atoms with Crippen LogP contribution in [0.5, 0.6) is 0 Å². The number of pyridine rings is 1. The largest absolute Gasteiger partial charge is 0.356 e. The van der Waals surface area contributed by atoms with Crippen molar-refractivity contribution in [2.24, 2.45) is 5.92 Å². The summed E-state index contributed by atoms with van der Waals surface area (Å²) in [5.41, 5.74) is 5.74. The molecule has 1 atom stereocenters. The number of Topliss-reactive ketones (excluding diaryl/α,β-unsaturated/α-hetero) is 1. The molecule has 6 heteroatoms. The van der Waals surface area contributed by atoms with Crippen LogP contribution in [0.2, 0.25) is 0 Å². The first-order valence-electron chi connectivity index (χ1n) is 11.1. The van der Waals surface area contributed by atoms with Crippen molar-refractivity contribution in [3.05, 3.63) is 66.1 Å². The maximum absolute atomic E-state index is 13.3. The number of nitrogens with zero attached hydrogens (tertiary/aromatic N) is 3. The van der Waals surface area contributed by atoms with E-state index in [0.29, 0.717) is 12.3 Å². The summed E-state index contributed by atoms with van der Waals surface area (Å²) in [7, 11) is 2.18. The van der Waals surface area contributed by atoms with Gasteiger partial charge in [-0.2, -0.15) is 0 Å². The van der Waals surface area contributed by atoms with Crippen molar-refractivity contribution in [2.45, 2.75) is 12.8 Å². The third kappa shape index (κ3) is 4.27. The summed E-state index contributed by atoms with van der Waals surface area (Å²) in [6.45, 7) is 5.37. The number of carbonyl (C=O) groups is 1. The number of para-hydroxylation sites is 1. The Balaban J connectivity index is 1.45. The molecule has 2 aliphatic rings. The second-order valence-electron chi connectivity index (χ2n) is 8.76. The Morgan fingerprint density at radius 1 is 1.03 bits per heavy atom. The Kier molecular flexibility index (Phi) is 5.57. The topological polar surface area (TPSA) is 64.3 Å². The minimum atomic E-state index is 0.232. The normalized spacial score (nSPS) is 19.9. The van der Waals surface area contributed by atoms with Gasteiger partial charge in [0, 0.05) is 68.5 Å². The molecule has 6 nitrogen and oxygen atoms in total. The zero-order valence-electron chi connectivity index (χ0n) is 18.0. The molecular formula is C25H29N5O. The number of fused-ring (bicyclic) bond motifs is 1. The van der Waals surface area contributed by atoms with Crippen molar-refractivity contribution in [3.8, 4) is 11.3 Å². The van der Waals surface area contributed by atoms with Crippen LogP contribution in [0.3, 0.4) is 0 Å². The first-order valence-corrected chi connectivity index (χ1v) is 11.1. The number of H-pyrrole nitrogens is 1. The lowest BCUT2D eigenvalue weighted by atomic mass is 9.85. The van der Waals surface area contributed by atoms with E-state index in [1.54, 1.807) is 12.4 Å². The monoisotopic (exact) mass is 415 g/mol. The van der Waals surface area contributed by atoms with Crippen molar-refractivity contribution < 1.29 is 4.79 Å². The van der Waals surface area contributed by atoms with Crippen LogP contribution in [0.4, 0.5) is 11.4 Å². The van der Waals surface area contributed by atoms with Crippen molar-refractivity contribution >= 4 is 17.2 Å². The maximum Gasteiger partial charge on any atom is 0.167 e. The molecule has 160 valence electrons. The predicted molar refractivity (Wildman–Crippen MR) is 124 cm³/mol. The molecule has 0 bridgehead atoms. The number of ketones is 1. The Bertz CT molecular complexity index is 1040. The maximum atomic E-state index is 13.3. The first-order chi connectivity index (χ1) is 15.2. The van der Waals surface area contributed by atoms with Crippen molar-refractivity contribution in [2.75, 3.05) is 45.1 Å². The average molecular weight is 416 g/mol. The van der Waals surface area contributed by atoms with E-state index < -0.39 is 0 Å². The van der Waals surface area contributed by atoms with E-state index in [1.807, 2.05) is 42.5 Å². The highest BCUT2D eigenvalue weighted by Crippen LogP contribution is 2.40. The fraction of sp³-hybridized carbons (Fsp3) is 0.360. The SMILES string of the molecule is CN1CCN(CC2CC(=O)c3c([nH]c(-c4ccncc4)c3Nc3ccccc3)C2)CC1. The van der Waals surface area contributed by atoms with Gasteiger partial charge in [0.25, 0.3) is 0 Å². The van der Waals surface area contributed by atoms with Crippen LogP contribution in [0.1, 0.15) is 22.5 Å². The van der Waals surface area contributed by atoms with E-state index in [1.165, 1.54) is 0 Å². The summed E-state index contributed by atoms with van der Waals surface area (Å²) in [5, 5.41) is 3.52. The molecule has 0 spiro atoms. The molecule has 2 aromatic heterocycles. The quantitative estimate of drug-likeness (QED) is 0.663. The average Bonchev–Trinajstić information content (AvgIpc) is 3.15. The molecule has 1 saturated heterocycles. The lowest BCUT2D eigenvalue weighted by Crippen LogP contribution is -2.46. The summed E-state index contributed by atoms with van der Waals surface area (Å²) < 4.78 is 0. The van der Waals surface area contributed by atoms with E-state index in [9.17, 15) is 4.79 Å². The lowest BCUT2D eigenvalue weighted by molar-refractivity contribution is 0.0904. The highest BCUT2D eigenvalue weighted by Gasteiger charge is 2.33. The molecule has 5 rings (SSSR count). The third-order valence-electron chi connectivity index (χ3n) is 6.45. The predicted octanol–water partition coefficient (Wildman–Crippen LogP) is 3.81. The molecule has 1 aliphatic carbocycles. The van der Waals surface area contributed by atoms with Gasteiger partial charge in [0.15, 0.2) is 5.78 Å².